The Kier molecular flexibility index (Phi) is 4.35. The van der Waals surface area contributed by atoms with Gasteiger partial charge in [-0.15, -0.1) is 0 Å². The molecule has 18 heavy (non-hydrogen) atoms. The van der Waals surface area contributed by atoms with Crippen LogP contribution in [-0.2, 0) is 0 Å². The second-order valence-corrected chi connectivity index (χ2v) is 5.03. The molecule has 0 saturated heterocycles. The summed E-state index contributed by atoms with van der Waals surface area (Å²) in [4.78, 5) is 0. The fourth-order valence-corrected chi connectivity index (χ4v) is 2.50. The van der Waals surface area contributed by atoms with E-state index in [4.69, 9.17) is 0 Å². The molecule has 0 aromatic heterocycles. The van der Waals surface area contributed by atoms with E-state index in [1.165, 1.54) is 0 Å². The van der Waals surface area contributed by atoms with Gasteiger partial charge in [-0.3, -0.25) is 0 Å². The smallest absolute Gasteiger partial charge is 0.0977 e. The van der Waals surface area contributed by atoms with Gasteiger partial charge in [-0.05, 0) is 25.3 Å². The molecule has 0 bridgehead atoms. The van der Waals surface area contributed by atoms with Gasteiger partial charge in [0, 0.05) is 6.04 Å². The zero-order chi connectivity index (χ0) is 13.1. The minimum atomic E-state index is -0.917. The van der Waals surface area contributed by atoms with Crippen molar-refractivity contribution in [1.82, 2.24) is 5.32 Å². The van der Waals surface area contributed by atoms with E-state index in [1.807, 2.05) is 37.3 Å². The minimum Gasteiger partial charge on any atom is -0.391 e. The van der Waals surface area contributed by atoms with Gasteiger partial charge in [-0.1, -0.05) is 30.3 Å². The van der Waals surface area contributed by atoms with E-state index in [-0.39, 0.29) is 6.04 Å². The molecule has 100 valence electrons. The van der Waals surface area contributed by atoms with Crippen LogP contribution >= 0.6 is 0 Å². The molecule has 4 heteroatoms. The predicted molar refractivity (Wildman–Crippen MR) is 69.0 cm³/mol. The molecule has 0 heterocycles. The van der Waals surface area contributed by atoms with Crippen molar-refractivity contribution < 1.29 is 15.3 Å². The summed E-state index contributed by atoms with van der Waals surface area (Å²) in [6, 6.07) is 9.39. The van der Waals surface area contributed by atoms with Gasteiger partial charge in [0.2, 0.25) is 0 Å². The van der Waals surface area contributed by atoms with E-state index in [0.29, 0.717) is 12.8 Å². The fourth-order valence-electron chi connectivity index (χ4n) is 2.50. The van der Waals surface area contributed by atoms with Gasteiger partial charge < -0.3 is 20.6 Å². The van der Waals surface area contributed by atoms with Crippen LogP contribution in [0.5, 0.6) is 0 Å². The quantitative estimate of drug-likeness (QED) is 0.634. The van der Waals surface area contributed by atoms with Crippen molar-refractivity contribution >= 4 is 0 Å². The molecule has 5 atom stereocenters. The van der Waals surface area contributed by atoms with Crippen LogP contribution in [0, 0.1) is 0 Å². The third-order valence-corrected chi connectivity index (χ3v) is 3.68. The van der Waals surface area contributed by atoms with Crippen LogP contribution in [0.15, 0.2) is 30.3 Å². The first kappa shape index (κ1) is 13.5. The lowest BCUT2D eigenvalue weighted by molar-refractivity contribution is -0.0773. The summed E-state index contributed by atoms with van der Waals surface area (Å²) >= 11 is 0. The lowest BCUT2D eigenvalue weighted by atomic mass is 9.87. The number of rotatable bonds is 3. The Labute approximate surface area is 107 Å². The van der Waals surface area contributed by atoms with Crippen molar-refractivity contribution in [3.8, 4) is 0 Å². The Morgan fingerprint density at radius 2 is 1.67 bits per heavy atom. The molecule has 1 saturated carbocycles. The number of hydrogen-bond acceptors (Lipinski definition) is 4. The van der Waals surface area contributed by atoms with Gasteiger partial charge >= 0.3 is 0 Å². The standard InChI is InChI=1S/C14H21NO3/c1-9(10-5-3-2-4-6-10)15-13-11(16)7-8-12(17)14(13)18/h2-6,9,11-18H,7-8H2,1H3/t9-,11+,12+,13+,14-/m1/s1. The van der Waals surface area contributed by atoms with Crippen molar-refractivity contribution in [2.45, 2.75) is 50.2 Å². The summed E-state index contributed by atoms with van der Waals surface area (Å²) in [5.41, 5.74) is 1.09. The van der Waals surface area contributed by atoms with Crippen molar-refractivity contribution in [3.63, 3.8) is 0 Å². The molecular weight excluding hydrogens is 230 g/mol. The SMILES string of the molecule is C[C@@H](N[C@@H]1[C@H](O)[C@@H](O)CC[C@@H]1O)c1ccccc1. The largest absolute Gasteiger partial charge is 0.391 e. The molecule has 1 fully saturated rings. The van der Waals surface area contributed by atoms with Gasteiger partial charge in [0.15, 0.2) is 0 Å². The fraction of sp³-hybridized carbons (Fsp3) is 0.571. The maximum atomic E-state index is 9.93. The van der Waals surface area contributed by atoms with Crippen molar-refractivity contribution in [3.05, 3.63) is 35.9 Å². The normalized spacial score (nSPS) is 34.2. The van der Waals surface area contributed by atoms with E-state index in [9.17, 15) is 15.3 Å². The molecule has 1 aliphatic rings. The summed E-state index contributed by atoms with van der Waals surface area (Å²) in [6.45, 7) is 1.98. The summed E-state index contributed by atoms with van der Waals surface area (Å²) < 4.78 is 0. The lowest BCUT2D eigenvalue weighted by Crippen LogP contribution is -2.56. The number of nitrogens with one attached hydrogen (secondary N) is 1. The van der Waals surface area contributed by atoms with Crippen LogP contribution < -0.4 is 5.32 Å². The molecular formula is C14H21NO3. The highest BCUT2D eigenvalue weighted by atomic mass is 16.3. The molecule has 0 radical (unpaired) electrons. The number of benzene rings is 1. The van der Waals surface area contributed by atoms with E-state index >= 15 is 0 Å². The lowest BCUT2D eigenvalue weighted by Gasteiger charge is -2.38. The van der Waals surface area contributed by atoms with Crippen LogP contribution in [0.4, 0.5) is 0 Å². The maximum Gasteiger partial charge on any atom is 0.0977 e. The first-order chi connectivity index (χ1) is 8.59. The third-order valence-electron chi connectivity index (χ3n) is 3.68. The summed E-state index contributed by atoms with van der Waals surface area (Å²) in [6.07, 6.45) is -1.33. The third kappa shape index (κ3) is 2.90. The van der Waals surface area contributed by atoms with Crippen LogP contribution in [0.1, 0.15) is 31.4 Å². The Morgan fingerprint density at radius 1 is 1.06 bits per heavy atom. The molecule has 0 amide bonds. The first-order valence-corrected chi connectivity index (χ1v) is 6.45. The molecule has 1 aliphatic carbocycles. The van der Waals surface area contributed by atoms with Gasteiger partial charge in [-0.2, -0.15) is 0 Å². The van der Waals surface area contributed by atoms with Crippen LogP contribution in [0.2, 0.25) is 0 Å². The molecule has 0 aliphatic heterocycles. The Balaban J connectivity index is 2.03. The minimum absolute atomic E-state index is 0.0193. The van der Waals surface area contributed by atoms with E-state index in [0.717, 1.165) is 5.56 Å². The van der Waals surface area contributed by atoms with Gasteiger partial charge in [0.05, 0.1) is 24.4 Å². The van der Waals surface area contributed by atoms with E-state index in [1.54, 1.807) is 0 Å². The Bertz CT molecular complexity index is 371. The van der Waals surface area contributed by atoms with Crippen LogP contribution in [0.25, 0.3) is 0 Å². The maximum absolute atomic E-state index is 9.93. The zero-order valence-electron chi connectivity index (χ0n) is 10.5. The zero-order valence-corrected chi connectivity index (χ0v) is 10.5. The van der Waals surface area contributed by atoms with Crippen molar-refractivity contribution in [2.24, 2.45) is 0 Å². The summed E-state index contributed by atoms with van der Waals surface area (Å²) in [5, 5.41) is 32.7. The number of aliphatic hydroxyl groups excluding tert-OH is 3. The van der Waals surface area contributed by atoms with Crippen molar-refractivity contribution in [1.29, 1.82) is 0 Å². The summed E-state index contributed by atoms with van der Waals surface area (Å²) in [7, 11) is 0. The highest BCUT2D eigenvalue weighted by molar-refractivity contribution is 5.18. The topological polar surface area (TPSA) is 72.7 Å². The van der Waals surface area contributed by atoms with E-state index in [2.05, 4.69) is 5.32 Å². The Hall–Kier alpha value is -0.940. The van der Waals surface area contributed by atoms with Gasteiger partial charge in [0.25, 0.3) is 0 Å². The average molecular weight is 251 g/mol. The molecule has 1 aromatic rings. The average Bonchev–Trinajstić information content (AvgIpc) is 2.40. The van der Waals surface area contributed by atoms with Gasteiger partial charge in [0.1, 0.15) is 0 Å². The number of hydrogen-bond donors (Lipinski definition) is 4. The first-order valence-electron chi connectivity index (χ1n) is 6.45. The molecule has 1 aromatic carbocycles. The predicted octanol–water partition coefficient (Wildman–Crippen LogP) is 0.582. The van der Waals surface area contributed by atoms with E-state index < -0.39 is 24.4 Å². The number of aliphatic hydroxyl groups is 3. The highest BCUT2D eigenvalue weighted by Gasteiger charge is 2.37. The molecule has 0 spiro atoms. The second kappa shape index (κ2) is 5.80. The molecule has 0 unspecified atom stereocenters. The Morgan fingerprint density at radius 3 is 2.33 bits per heavy atom. The van der Waals surface area contributed by atoms with Gasteiger partial charge in [-0.25, -0.2) is 0 Å². The molecule has 2 rings (SSSR count). The monoisotopic (exact) mass is 251 g/mol. The van der Waals surface area contributed by atoms with Crippen molar-refractivity contribution in [2.75, 3.05) is 0 Å². The van der Waals surface area contributed by atoms with Crippen LogP contribution in [-0.4, -0.2) is 39.7 Å². The van der Waals surface area contributed by atoms with Crippen LogP contribution in [0.3, 0.4) is 0 Å². The molecule has 4 nitrogen and oxygen atoms in total. The summed E-state index contributed by atoms with van der Waals surface area (Å²) in [5.74, 6) is 0. The molecule has 4 N–H and O–H groups in total. The highest BCUT2D eigenvalue weighted by Crippen LogP contribution is 2.23. The second-order valence-electron chi connectivity index (χ2n) is 5.03.